The molecule has 2 aromatic carbocycles. The summed E-state index contributed by atoms with van der Waals surface area (Å²) in [7, 11) is -3.65. The third kappa shape index (κ3) is 7.00. The first-order valence-electron chi connectivity index (χ1n) is 10.1. The van der Waals surface area contributed by atoms with Crippen LogP contribution in [0.5, 0.6) is 23.4 Å². The van der Waals surface area contributed by atoms with Crippen LogP contribution < -0.4 is 13.6 Å². The molecule has 0 atom stereocenters. The highest BCUT2D eigenvalue weighted by Crippen LogP contribution is 2.27. The Morgan fingerprint density at radius 2 is 1.43 bits per heavy atom. The van der Waals surface area contributed by atoms with E-state index in [9.17, 15) is 0 Å². The van der Waals surface area contributed by atoms with E-state index < -0.39 is 16.6 Å². The fraction of sp³-hybridized carbons (Fsp3) is 0.304. The quantitative estimate of drug-likeness (QED) is 0.387. The number of nitrogens with zero attached hydrogens (tertiary/aromatic N) is 2. The molecule has 3 aromatic rings. The molecule has 0 spiro atoms. The SMILES string of the molecule is C[Si](C)(C)Oc1ncc(Cc2cccc(Oc3ccccc3)c2)c(O[Si](C)(C)C)n1. The van der Waals surface area contributed by atoms with Crippen molar-refractivity contribution in [2.75, 3.05) is 0 Å². The molecule has 0 aliphatic carbocycles. The largest absolute Gasteiger partial charge is 0.531 e. The summed E-state index contributed by atoms with van der Waals surface area (Å²) in [6.07, 6.45) is 2.47. The molecule has 5 nitrogen and oxygen atoms in total. The second-order valence-electron chi connectivity index (χ2n) is 9.15. The van der Waals surface area contributed by atoms with Gasteiger partial charge in [-0.2, -0.15) is 4.98 Å². The van der Waals surface area contributed by atoms with Crippen molar-refractivity contribution in [2.45, 2.75) is 45.7 Å². The van der Waals surface area contributed by atoms with Gasteiger partial charge in [0.25, 0.3) is 0 Å². The van der Waals surface area contributed by atoms with Crippen molar-refractivity contribution in [2.24, 2.45) is 0 Å². The maximum Gasteiger partial charge on any atom is 0.305 e. The van der Waals surface area contributed by atoms with Gasteiger partial charge >= 0.3 is 6.01 Å². The Balaban J connectivity index is 1.85. The molecule has 1 aromatic heterocycles. The number of benzene rings is 2. The Bertz CT molecular complexity index is 984. The van der Waals surface area contributed by atoms with E-state index in [-0.39, 0.29) is 0 Å². The fourth-order valence-electron chi connectivity index (χ4n) is 2.76. The van der Waals surface area contributed by atoms with Gasteiger partial charge in [-0.3, -0.25) is 0 Å². The van der Waals surface area contributed by atoms with E-state index >= 15 is 0 Å². The van der Waals surface area contributed by atoms with Crippen LogP contribution in [0.25, 0.3) is 0 Å². The standard InChI is InChI=1S/C23H30N2O3Si2/c1-29(2,3)27-22-19(17-24-23(25-22)28-30(4,5)6)15-18-11-10-14-21(16-18)26-20-12-8-7-9-13-20/h7-14,16-17H,15H2,1-6H3. The van der Waals surface area contributed by atoms with Crippen LogP contribution in [0, 0.1) is 0 Å². The highest BCUT2D eigenvalue weighted by atomic mass is 28.4. The zero-order chi connectivity index (χ0) is 21.8. The van der Waals surface area contributed by atoms with E-state index in [0.29, 0.717) is 18.3 Å². The van der Waals surface area contributed by atoms with Crippen LogP contribution in [0.1, 0.15) is 11.1 Å². The Labute approximate surface area is 181 Å². The van der Waals surface area contributed by atoms with Crippen LogP contribution in [0.3, 0.4) is 0 Å². The summed E-state index contributed by atoms with van der Waals surface area (Å²) in [5.74, 6) is 2.23. The van der Waals surface area contributed by atoms with Crippen molar-refractivity contribution in [1.29, 1.82) is 0 Å². The van der Waals surface area contributed by atoms with Crippen LogP contribution in [0.2, 0.25) is 39.3 Å². The monoisotopic (exact) mass is 438 g/mol. The summed E-state index contributed by atoms with van der Waals surface area (Å²) in [5.41, 5.74) is 2.04. The normalized spacial score (nSPS) is 11.8. The van der Waals surface area contributed by atoms with Gasteiger partial charge in [-0.25, -0.2) is 4.98 Å². The molecule has 0 radical (unpaired) electrons. The number of hydrogen-bond donors (Lipinski definition) is 0. The smallest absolute Gasteiger partial charge is 0.305 e. The lowest BCUT2D eigenvalue weighted by molar-refractivity contribution is 0.470. The summed E-state index contributed by atoms with van der Waals surface area (Å²) in [5, 5.41) is 0. The molecule has 158 valence electrons. The lowest BCUT2D eigenvalue weighted by atomic mass is 10.1. The molecule has 0 amide bonds. The van der Waals surface area contributed by atoms with Gasteiger partial charge in [0, 0.05) is 18.2 Å². The number of aromatic nitrogens is 2. The number of para-hydroxylation sites is 1. The van der Waals surface area contributed by atoms with Crippen LogP contribution in [-0.4, -0.2) is 26.6 Å². The molecule has 0 unspecified atom stereocenters. The van der Waals surface area contributed by atoms with Crippen LogP contribution in [0.15, 0.2) is 60.8 Å². The summed E-state index contributed by atoms with van der Waals surface area (Å²) < 4.78 is 18.2. The minimum atomic E-state index is -1.85. The van der Waals surface area contributed by atoms with Gasteiger partial charge in [0.15, 0.2) is 0 Å². The van der Waals surface area contributed by atoms with E-state index in [1.165, 1.54) is 0 Å². The van der Waals surface area contributed by atoms with E-state index in [1.807, 2.05) is 54.7 Å². The van der Waals surface area contributed by atoms with E-state index in [1.54, 1.807) is 0 Å². The first kappa shape index (κ1) is 22.0. The van der Waals surface area contributed by atoms with Gasteiger partial charge in [-0.05, 0) is 69.1 Å². The Morgan fingerprint density at radius 3 is 2.10 bits per heavy atom. The predicted octanol–water partition coefficient (Wildman–Crippen LogP) is 6.29. The van der Waals surface area contributed by atoms with Gasteiger partial charge in [-0.15, -0.1) is 0 Å². The van der Waals surface area contributed by atoms with Gasteiger partial charge in [0.2, 0.25) is 22.5 Å². The molecule has 30 heavy (non-hydrogen) atoms. The Hall–Kier alpha value is -2.65. The second-order valence-corrected chi connectivity index (χ2v) is 18.0. The van der Waals surface area contributed by atoms with E-state index in [4.69, 9.17) is 13.6 Å². The molecule has 0 aliphatic heterocycles. The highest BCUT2D eigenvalue weighted by Gasteiger charge is 2.23. The number of ether oxygens (including phenoxy) is 1. The molecule has 0 bridgehead atoms. The van der Waals surface area contributed by atoms with Crippen LogP contribution in [-0.2, 0) is 6.42 Å². The van der Waals surface area contributed by atoms with Crippen molar-refractivity contribution >= 4 is 16.6 Å². The van der Waals surface area contributed by atoms with Gasteiger partial charge in [-0.1, -0.05) is 30.3 Å². The second kappa shape index (κ2) is 9.01. The van der Waals surface area contributed by atoms with Gasteiger partial charge in [0.1, 0.15) is 11.5 Å². The maximum absolute atomic E-state index is 6.28. The van der Waals surface area contributed by atoms with Crippen molar-refractivity contribution in [3.8, 4) is 23.4 Å². The average Bonchev–Trinajstić information content (AvgIpc) is 2.62. The van der Waals surface area contributed by atoms with Crippen molar-refractivity contribution in [3.63, 3.8) is 0 Å². The van der Waals surface area contributed by atoms with Gasteiger partial charge < -0.3 is 13.6 Å². The minimum absolute atomic E-state index is 0.396. The average molecular weight is 439 g/mol. The molecule has 7 heteroatoms. The van der Waals surface area contributed by atoms with E-state index in [2.05, 4.69) is 55.3 Å². The predicted molar refractivity (Wildman–Crippen MR) is 126 cm³/mol. The summed E-state index contributed by atoms with van der Waals surface area (Å²) >= 11 is 0. The van der Waals surface area contributed by atoms with Crippen LogP contribution in [0.4, 0.5) is 0 Å². The molecule has 0 N–H and O–H groups in total. The first-order valence-corrected chi connectivity index (χ1v) is 16.9. The van der Waals surface area contributed by atoms with Gasteiger partial charge in [0.05, 0.1) is 0 Å². The highest BCUT2D eigenvalue weighted by molar-refractivity contribution is 6.70. The third-order valence-corrected chi connectivity index (χ3v) is 5.48. The number of hydrogen-bond acceptors (Lipinski definition) is 5. The Morgan fingerprint density at radius 1 is 0.767 bits per heavy atom. The first-order chi connectivity index (χ1) is 14.1. The lowest BCUT2D eigenvalue weighted by Gasteiger charge is -2.22. The van der Waals surface area contributed by atoms with Crippen molar-refractivity contribution < 1.29 is 13.6 Å². The summed E-state index contributed by atoms with van der Waals surface area (Å²) in [6.45, 7) is 12.8. The molecule has 0 saturated carbocycles. The molecule has 1 heterocycles. The third-order valence-electron chi connectivity index (χ3n) is 3.87. The van der Waals surface area contributed by atoms with Crippen LogP contribution >= 0.6 is 0 Å². The van der Waals surface area contributed by atoms with Crippen molar-refractivity contribution in [1.82, 2.24) is 9.97 Å². The summed E-state index contributed by atoms with van der Waals surface area (Å²) in [4.78, 5) is 9.06. The molecule has 0 aliphatic rings. The minimum Gasteiger partial charge on any atom is -0.531 e. The molecular formula is C23H30N2O3Si2. The topological polar surface area (TPSA) is 53.5 Å². The molecule has 0 saturated heterocycles. The summed E-state index contributed by atoms with van der Waals surface area (Å²) in [6, 6.07) is 18.2. The lowest BCUT2D eigenvalue weighted by Crippen LogP contribution is -2.32. The maximum atomic E-state index is 6.28. The Kier molecular flexibility index (Phi) is 6.62. The zero-order valence-electron chi connectivity index (χ0n) is 18.6. The fourth-order valence-corrected chi connectivity index (χ4v) is 4.16. The zero-order valence-corrected chi connectivity index (χ0v) is 20.6. The van der Waals surface area contributed by atoms with E-state index in [0.717, 1.165) is 22.6 Å². The number of rotatable bonds is 8. The molecule has 3 rings (SSSR count). The molecule has 0 fully saturated rings. The van der Waals surface area contributed by atoms with Crippen molar-refractivity contribution in [3.05, 3.63) is 71.9 Å². The molecular weight excluding hydrogens is 408 g/mol.